The molecule has 0 saturated carbocycles. The molecular weight excluding hydrogens is 394 g/mol. The molecule has 3 rings (SSSR count). The van der Waals surface area contributed by atoms with Crippen LogP contribution in [0.3, 0.4) is 0 Å². The van der Waals surface area contributed by atoms with E-state index in [0.717, 1.165) is 31.3 Å². The van der Waals surface area contributed by atoms with E-state index >= 15 is 0 Å². The number of hydrogen-bond acceptors (Lipinski definition) is 2. The fourth-order valence-corrected chi connectivity index (χ4v) is 2.87. The molecule has 0 atom stereocenters. The largest absolute Gasteiger partial charge is 0.382 e. The number of nitrogens with one attached hydrogen (secondary N) is 1. The monoisotopic (exact) mass is 405 g/mol. The number of benzene rings is 2. The van der Waals surface area contributed by atoms with E-state index in [1.165, 1.54) is 5.56 Å². The highest BCUT2D eigenvalue weighted by molar-refractivity contribution is 9.10. The SMILES string of the molecule is Cc1ccc(-c2[nH]nc(N)c2-c2ccc(Br)cc2)cc1Br. The first-order valence-corrected chi connectivity index (χ1v) is 8.01. The maximum Gasteiger partial charge on any atom is 0.153 e. The Morgan fingerprint density at radius 2 is 1.67 bits per heavy atom. The van der Waals surface area contributed by atoms with E-state index in [0.29, 0.717) is 5.82 Å². The highest BCUT2D eigenvalue weighted by Crippen LogP contribution is 2.36. The number of aromatic nitrogens is 2. The molecule has 1 aromatic heterocycles. The third kappa shape index (κ3) is 2.76. The molecule has 0 bridgehead atoms. The van der Waals surface area contributed by atoms with Crippen LogP contribution < -0.4 is 5.73 Å². The summed E-state index contributed by atoms with van der Waals surface area (Å²) >= 11 is 7.02. The number of nitrogens with zero attached hydrogens (tertiary/aromatic N) is 1. The minimum absolute atomic E-state index is 0.504. The van der Waals surface area contributed by atoms with Gasteiger partial charge in [-0.05, 0) is 36.2 Å². The van der Waals surface area contributed by atoms with Gasteiger partial charge in [-0.3, -0.25) is 5.10 Å². The van der Waals surface area contributed by atoms with Crippen LogP contribution in [-0.2, 0) is 0 Å². The molecule has 0 saturated heterocycles. The van der Waals surface area contributed by atoms with Crippen LogP contribution in [-0.4, -0.2) is 10.2 Å². The zero-order valence-electron chi connectivity index (χ0n) is 11.3. The van der Waals surface area contributed by atoms with Crippen LogP contribution in [0.5, 0.6) is 0 Å². The van der Waals surface area contributed by atoms with E-state index in [1.807, 2.05) is 24.3 Å². The van der Waals surface area contributed by atoms with E-state index in [9.17, 15) is 0 Å². The maximum atomic E-state index is 6.05. The highest BCUT2D eigenvalue weighted by atomic mass is 79.9. The summed E-state index contributed by atoms with van der Waals surface area (Å²) in [6.07, 6.45) is 0. The van der Waals surface area contributed by atoms with Crippen molar-refractivity contribution < 1.29 is 0 Å². The Balaban J connectivity index is 2.16. The van der Waals surface area contributed by atoms with Gasteiger partial charge in [0.05, 0.1) is 11.3 Å². The molecule has 3 N–H and O–H groups in total. The van der Waals surface area contributed by atoms with Crippen molar-refractivity contribution in [3.8, 4) is 22.4 Å². The summed E-state index contributed by atoms with van der Waals surface area (Å²) in [7, 11) is 0. The third-order valence-corrected chi connectivity index (χ3v) is 4.77. The van der Waals surface area contributed by atoms with Crippen molar-refractivity contribution in [2.45, 2.75) is 6.92 Å². The van der Waals surface area contributed by atoms with E-state index in [-0.39, 0.29) is 0 Å². The Labute approximate surface area is 139 Å². The van der Waals surface area contributed by atoms with Crippen molar-refractivity contribution in [2.75, 3.05) is 5.73 Å². The summed E-state index contributed by atoms with van der Waals surface area (Å²) in [5.74, 6) is 0.504. The Morgan fingerprint density at radius 1 is 1.00 bits per heavy atom. The topological polar surface area (TPSA) is 54.7 Å². The first-order valence-electron chi connectivity index (χ1n) is 6.42. The molecule has 0 aliphatic rings. The van der Waals surface area contributed by atoms with Gasteiger partial charge in [0, 0.05) is 14.5 Å². The Hall–Kier alpha value is -1.59. The van der Waals surface area contributed by atoms with E-state index < -0.39 is 0 Å². The van der Waals surface area contributed by atoms with Crippen molar-refractivity contribution in [2.24, 2.45) is 0 Å². The minimum atomic E-state index is 0.504. The number of anilines is 1. The van der Waals surface area contributed by atoms with Gasteiger partial charge in [0.1, 0.15) is 0 Å². The van der Waals surface area contributed by atoms with Crippen LogP contribution in [0.25, 0.3) is 22.4 Å². The Bertz CT molecular complexity index is 792. The summed E-state index contributed by atoms with van der Waals surface area (Å²) in [6.45, 7) is 2.06. The quantitative estimate of drug-likeness (QED) is 0.617. The lowest BCUT2D eigenvalue weighted by Crippen LogP contribution is -1.89. The zero-order chi connectivity index (χ0) is 15.0. The second kappa shape index (κ2) is 5.66. The fourth-order valence-electron chi connectivity index (χ4n) is 2.22. The van der Waals surface area contributed by atoms with Crippen LogP contribution in [0.15, 0.2) is 51.4 Å². The molecule has 2 aromatic carbocycles. The van der Waals surface area contributed by atoms with Gasteiger partial charge in [0.2, 0.25) is 0 Å². The first-order chi connectivity index (χ1) is 10.1. The maximum absolute atomic E-state index is 6.05. The van der Waals surface area contributed by atoms with Gasteiger partial charge in [-0.25, -0.2) is 0 Å². The number of nitrogens with two attached hydrogens (primary N) is 1. The highest BCUT2D eigenvalue weighted by Gasteiger charge is 2.15. The van der Waals surface area contributed by atoms with Gasteiger partial charge >= 0.3 is 0 Å². The molecule has 106 valence electrons. The molecular formula is C16H13Br2N3. The Kier molecular flexibility index (Phi) is 3.87. The summed E-state index contributed by atoms with van der Waals surface area (Å²) in [5, 5.41) is 7.21. The number of halogens is 2. The van der Waals surface area contributed by atoms with Gasteiger partial charge in [0.25, 0.3) is 0 Å². The van der Waals surface area contributed by atoms with Crippen LogP contribution >= 0.6 is 31.9 Å². The van der Waals surface area contributed by atoms with E-state index in [2.05, 4.69) is 67.2 Å². The van der Waals surface area contributed by atoms with Crippen molar-refractivity contribution in [3.63, 3.8) is 0 Å². The molecule has 1 heterocycles. The predicted molar refractivity (Wildman–Crippen MR) is 94.0 cm³/mol. The summed E-state index contributed by atoms with van der Waals surface area (Å²) in [4.78, 5) is 0. The second-order valence-corrected chi connectivity index (χ2v) is 6.60. The van der Waals surface area contributed by atoms with Crippen LogP contribution in [0.2, 0.25) is 0 Å². The summed E-state index contributed by atoms with van der Waals surface area (Å²) in [5.41, 5.74) is 11.2. The number of aromatic amines is 1. The predicted octanol–water partition coefficient (Wildman–Crippen LogP) is 5.16. The van der Waals surface area contributed by atoms with Crippen molar-refractivity contribution in [3.05, 3.63) is 57.0 Å². The third-order valence-electron chi connectivity index (χ3n) is 3.39. The second-order valence-electron chi connectivity index (χ2n) is 4.83. The molecule has 0 amide bonds. The Morgan fingerprint density at radius 3 is 2.33 bits per heavy atom. The van der Waals surface area contributed by atoms with Crippen molar-refractivity contribution in [1.82, 2.24) is 10.2 Å². The smallest absolute Gasteiger partial charge is 0.153 e. The summed E-state index contributed by atoms with van der Waals surface area (Å²) < 4.78 is 2.10. The molecule has 0 aliphatic carbocycles. The summed E-state index contributed by atoms with van der Waals surface area (Å²) in [6, 6.07) is 14.3. The van der Waals surface area contributed by atoms with E-state index in [1.54, 1.807) is 0 Å². The minimum Gasteiger partial charge on any atom is -0.382 e. The number of rotatable bonds is 2. The first kappa shape index (κ1) is 14.4. The number of hydrogen-bond donors (Lipinski definition) is 2. The van der Waals surface area contributed by atoms with Gasteiger partial charge in [-0.2, -0.15) is 5.10 Å². The molecule has 5 heteroatoms. The number of nitrogen functional groups attached to an aromatic ring is 1. The molecule has 0 radical (unpaired) electrons. The van der Waals surface area contributed by atoms with Gasteiger partial charge < -0.3 is 5.73 Å². The molecule has 21 heavy (non-hydrogen) atoms. The molecule has 0 spiro atoms. The fraction of sp³-hybridized carbons (Fsp3) is 0.0625. The lowest BCUT2D eigenvalue weighted by molar-refractivity contribution is 1.10. The normalized spacial score (nSPS) is 10.8. The number of H-pyrrole nitrogens is 1. The lowest BCUT2D eigenvalue weighted by atomic mass is 10.0. The van der Waals surface area contributed by atoms with Gasteiger partial charge in [-0.1, -0.05) is 56.1 Å². The average molecular weight is 407 g/mol. The molecule has 3 aromatic rings. The van der Waals surface area contributed by atoms with Crippen LogP contribution in [0.4, 0.5) is 5.82 Å². The number of aryl methyl sites for hydroxylation is 1. The molecule has 3 nitrogen and oxygen atoms in total. The van der Waals surface area contributed by atoms with E-state index in [4.69, 9.17) is 5.73 Å². The molecule has 0 fully saturated rings. The van der Waals surface area contributed by atoms with Crippen LogP contribution in [0.1, 0.15) is 5.56 Å². The average Bonchev–Trinajstić information content (AvgIpc) is 2.85. The standard InChI is InChI=1S/C16H13Br2N3/c1-9-2-3-11(8-13(9)18)15-14(16(19)21-20-15)10-4-6-12(17)7-5-10/h2-8H,1H3,(H3,19,20,21). The lowest BCUT2D eigenvalue weighted by Gasteiger charge is -2.07. The van der Waals surface area contributed by atoms with Crippen molar-refractivity contribution >= 4 is 37.7 Å². The zero-order valence-corrected chi connectivity index (χ0v) is 14.5. The van der Waals surface area contributed by atoms with Gasteiger partial charge in [0.15, 0.2) is 5.82 Å². The van der Waals surface area contributed by atoms with Crippen LogP contribution in [0, 0.1) is 6.92 Å². The van der Waals surface area contributed by atoms with Crippen molar-refractivity contribution in [1.29, 1.82) is 0 Å². The van der Waals surface area contributed by atoms with Gasteiger partial charge in [-0.15, -0.1) is 0 Å². The molecule has 0 unspecified atom stereocenters. The molecule has 0 aliphatic heterocycles.